The second-order valence-corrected chi connectivity index (χ2v) is 4.89. The fraction of sp³-hybridized carbons (Fsp3) is 0.111. The predicted octanol–water partition coefficient (Wildman–Crippen LogP) is 4.01. The molecule has 110 valence electrons. The number of esters is 1. The lowest BCUT2D eigenvalue weighted by molar-refractivity contribution is 0.0471. The zero-order valence-electron chi connectivity index (χ0n) is 12.2. The maximum absolute atomic E-state index is 12.4. The van der Waals surface area contributed by atoms with Crippen LogP contribution in [0.5, 0.6) is 0 Å². The van der Waals surface area contributed by atoms with Gasteiger partial charge in [0, 0.05) is 5.56 Å². The molecule has 4 heteroatoms. The minimum absolute atomic E-state index is 0.221. The van der Waals surface area contributed by atoms with E-state index in [4.69, 9.17) is 9.26 Å². The third kappa shape index (κ3) is 2.91. The van der Waals surface area contributed by atoms with Gasteiger partial charge < -0.3 is 9.26 Å². The number of aryl methyl sites for hydroxylation is 1. The normalized spacial score (nSPS) is 10.4. The Kier molecular flexibility index (Phi) is 4.01. The van der Waals surface area contributed by atoms with Crippen LogP contribution in [0.25, 0.3) is 11.3 Å². The van der Waals surface area contributed by atoms with E-state index >= 15 is 0 Å². The fourth-order valence-corrected chi connectivity index (χ4v) is 2.20. The number of carbonyl (C=O) groups is 1. The van der Waals surface area contributed by atoms with E-state index < -0.39 is 5.97 Å². The Bertz CT molecular complexity index is 764. The van der Waals surface area contributed by atoms with E-state index in [-0.39, 0.29) is 6.61 Å². The largest absolute Gasteiger partial charge is 0.457 e. The van der Waals surface area contributed by atoms with Crippen molar-refractivity contribution in [1.82, 2.24) is 5.16 Å². The van der Waals surface area contributed by atoms with Gasteiger partial charge in [0.1, 0.15) is 23.6 Å². The van der Waals surface area contributed by atoms with Gasteiger partial charge in [-0.15, -0.1) is 0 Å². The van der Waals surface area contributed by atoms with Crippen LogP contribution in [0, 0.1) is 6.92 Å². The number of aromatic nitrogens is 1. The molecule has 3 aromatic rings. The number of nitrogens with zero attached hydrogens (tertiary/aromatic N) is 1. The summed E-state index contributed by atoms with van der Waals surface area (Å²) in [4.78, 5) is 12.4. The highest BCUT2D eigenvalue weighted by Crippen LogP contribution is 2.25. The second-order valence-electron chi connectivity index (χ2n) is 4.89. The molecule has 0 bridgehead atoms. The summed E-state index contributed by atoms with van der Waals surface area (Å²) in [6.45, 7) is 1.93. The molecule has 0 aliphatic carbocycles. The maximum Gasteiger partial charge on any atom is 0.344 e. The van der Waals surface area contributed by atoms with Gasteiger partial charge in [0.05, 0.1) is 0 Å². The third-order valence-electron chi connectivity index (χ3n) is 3.33. The molecule has 0 atom stereocenters. The zero-order chi connectivity index (χ0) is 15.4. The Morgan fingerprint density at radius 2 is 1.68 bits per heavy atom. The smallest absolute Gasteiger partial charge is 0.344 e. The Morgan fingerprint density at radius 3 is 2.36 bits per heavy atom. The number of hydrogen-bond acceptors (Lipinski definition) is 4. The highest BCUT2D eigenvalue weighted by molar-refractivity contribution is 5.97. The van der Waals surface area contributed by atoms with Gasteiger partial charge >= 0.3 is 5.97 Å². The van der Waals surface area contributed by atoms with E-state index in [9.17, 15) is 4.79 Å². The van der Waals surface area contributed by atoms with Gasteiger partial charge in [0.15, 0.2) is 0 Å². The molecule has 0 saturated carbocycles. The molecule has 22 heavy (non-hydrogen) atoms. The molecule has 0 aliphatic rings. The summed E-state index contributed by atoms with van der Waals surface area (Å²) in [7, 11) is 0. The van der Waals surface area contributed by atoms with Crippen molar-refractivity contribution in [2.75, 3.05) is 0 Å². The van der Waals surface area contributed by atoms with Crippen LogP contribution in [0.2, 0.25) is 0 Å². The number of rotatable bonds is 4. The molecule has 2 aromatic carbocycles. The van der Waals surface area contributed by atoms with Gasteiger partial charge in [0.2, 0.25) is 0 Å². The molecule has 3 rings (SSSR count). The second kappa shape index (κ2) is 6.26. The third-order valence-corrected chi connectivity index (χ3v) is 3.33. The van der Waals surface area contributed by atoms with Gasteiger partial charge in [-0.2, -0.15) is 0 Å². The lowest BCUT2D eigenvalue weighted by Crippen LogP contribution is -2.07. The van der Waals surface area contributed by atoms with Crippen molar-refractivity contribution in [1.29, 1.82) is 0 Å². The molecule has 0 aliphatic heterocycles. The molecule has 1 aromatic heterocycles. The molecule has 0 unspecified atom stereocenters. The van der Waals surface area contributed by atoms with Crippen LogP contribution < -0.4 is 0 Å². The van der Waals surface area contributed by atoms with Gasteiger partial charge in [-0.25, -0.2) is 4.79 Å². The standard InChI is InChI=1S/C18H15NO3/c1-13-16(17(19-22-13)15-10-6-3-7-11-15)18(20)21-12-14-8-4-2-5-9-14/h2-11H,12H2,1H3. The minimum Gasteiger partial charge on any atom is -0.457 e. The summed E-state index contributed by atoms with van der Waals surface area (Å²) in [5.41, 5.74) is 2.65. The van der Waals surface area contributed by atoms with Crippen LogP contribution in [0.15, 0.2) is 65.2 Å². The van der Waals surface area contributed by atoms with Gasteiger partial charge in [-0.3, -0.25) is 0 Å². The number of carbonyl (C=O) groups excluding carboxylic acids is 1. The number of hydrogen-bond donors (Lipinski definition) is 0. The molecule has 0 radical (unpaired) electrons. The summed E-state index contributed by atoms with van der Waals surface area (Å²) in [6, 6.07) is 19.0. The molecule has 1 heterocycles. The van der Waals surface area contributed by atoms with E-state index in [0.29, 0.717) is 17.0 Å². The predicted molar refractivity (Wildman–Crippen MR) is 82.2 cm³/mol. The minimum atomic E-state index is -0.429. The Morgan fingerprint density at radius 1 is 1.05 bits per heavy atom. The molecule has 0 spiro atoms. The van der Waals surface area contributed by atoms with E-state index in [1.54, 1.807) is 6.92 Å². The zero-order valence-corrected chi connectivity index (χ0v) is 12.2. The van der Waals surface area contributed by atoms with Crippen LogP contribution in [0.4, 0.5) is 0 Å². The summed E-state index contributed by atoms with van der Waals surface area (Å²) in [6.07, 6.45) is 0. The van der Waals surface area contributed by atoms with Crippen molar-refractivity contribution in [3.05, 3.63) is 77.6 Å². The average Bonchev–Trinajstić information content (AvgIpc) is 2.96. The lowest BCUT2D eigenvalue weighted by atomic mass is 10.1. The van der Waals surface area contributed by atoms with Crippen molar-refractivity contribution in [3.8, 4) is 11.3 Å². The van der Waals surface area contributed by atoms with Crippen LogP contribution >= 0.6 is 0 Å². The monoisotopic (exact) mass is 293 g/mol. The summed E-state index contributed by atoms with van der Waals surface area (Å²) >= 11 is 0. The molecule has 0 N–H and O–H groups in total. The SMILES string of the molecule is Cc1onc(-c2ccccc2)c1C(=O)OCc1ccccc1. The summed E-state index contributed by atoms with van der Waals surface area (Å²) in [5, 5.41) is 3.99. The van der Waals surface area contributed by atoms with E-state index in [0.717, 1.165) is 11.1 Å². The first kappa shape index (κ1) is 14.1. The number of benzene rings is 2. The Labute approximate surface area is 128 Å². The first-order chi connectivity index (χ1) is 10.8. The number of ether oxygens (including phenoxy) is 1. The topological polar surface area (TPSA) is 52.3 Å². The summed E-state index contributed by atoms with van der Waals surface area (Å²) < 4.78 is 10.5. The maximum atomic E-state index is 12.4. The Hall–Kier alpha value is -2.88. The van der Waals surface area contributed by atoms with Gasteiger partial charge in [0.25, 0.3) is 0 Å². The molecule has 0 fully saturated rings. The van der Waals surface area contributed by atoms with Crippen LogP contribution in [-0.2, 0) is 11.3 Å². The van der Waals surface area contributed by atoms with Gasteiger partial charge in [-0.05, 0) is 12.5 Å². The van der Waals surface area contributed by atoms with Gasteiger partial charge in [-0.1, -0.05) is 65.8 Å². The van der Waals surface area contributed by atoms with Crippen molar-refractivity contribution >= 4 is 5.97 Å². The highest BCUT2D eigenvalue weighted by atomic mass is 16.5. The first-order valence-electron chi connectivity index (χ1n) is 6.98. The van der Waals surface area contributed by atoms with Crippen LogP contribution in [-0.4, -0.2) is 11.1 Å². The summed E-state index contributed by atoms with van der Waals surface area (Å²) in [5.74, 6) is 0.0263. The molecule has 0 amide bonds. The molecule has 4 nitrogen and oxygen atoms in total. The van der Waals surface area contributed by atoms with Crippen molar-refractivity contribution in [2.24, 2.45) is 0 Å². The van der Waals surface area contributed by atoms with E-state index in [1.165, 1.54) is 0 Å². The average molecular weight is 293 g/mol. The fourth-order valence-electron chi connectivity index (χ4n) is 2.20. The van der Waals surface area contributed by atoms with E-state index in [2.05, 4.69) is 5.16 Å². The Balaban J connectivity index is 1.82. The highest BCUT2D eigenvalue weighted by Gasteiger charge is 2.22. The molecular formula is C18H15NO3. The quantitative estimate of drug-likeness (QED) is 0.682. The molecular weight excluding hydrogens is 278 g/mol. The van der Waals surface area contributed by atoms with Crippen LogP contribution in [0.1, 0.15) is 21.7 Å². The van der Waals surface area contributed by atoms with Crippen LogP contribution in [0.3, 0.4) is 0 Å². The molecule has 0 saturated heterocycles. The van der Waals surface area contributed by atoms with Crippen molar-refractivity contribution in [3.63, 3.8) is 0 Å². The lowest BCUT2D eigenvalue weighted by Gasteiger charge is -2.05. The van der Waals surface area contributed by atoms with E-state index in [1.807, 2.05) is 60.7 Å². The van der Waals surface area contributed by atoms with Crippen molar-refractivity contribution < 1.29 is 14.1 Å². The van der Waals surface area contributed by atoms with Crippen molar-refractivity contribution in [2.45, 2.75) is 13.5 Å². The first-order valence-corrected chi connectivity index (χ1v) is 6.98.